The molecule has 0 radical (unpaired) electrons. The Kier molecular flexibility index (Phi) is 4.36. The number of sulfonamides is 1. The monoisotopic (exact) mass is 297 g/mol. The van der Waals surface area contributed by atoms with Crippen LogP contribution in [0.5, 0.6) is 0 Å². The maximum atomic E-state index is 12.8. The summed E-state index contributed by atoms with van der Waals surface area (Å²) in [5.74, 6) is 0. The zero-order chi connectivity index (χ0) is 14.9. The van der Waals surface area contributed by atoms with Crippen molar-refractivity contribution in [3.63, 3.8) is 0 Å². The maximum absolute atomic E-state index is 12.8. The summed E-state index contributed by atoms with van der Waals surface area (Å²) >= 11 is 0. The van der Waals surface area contributed by atoms with Gasteiger partial charge in [0.25, 0.3) is 0 Å². The number of anilines is 1. The van der Waals surface area contributed by atoms with Crippen LogP contribution >= 0.6 is 0 Å². The third kappa shape index (κ3) is 2.82. The van der Waals surface area contributed by atoms with Crippen molar-refractivity contribution in [3.8, 4) is 0 Å². The van der Waals surface area contributed by atoms with Gasteiger partial charge in [-0.1, -0.05) is 6.07 Å². The van der Waals surface area contributed by atoms with Crippen LogP contribution in [0.15, 0.2) is 23.1 Å². The van der Waals surface area contributed by atoms with Gasteiger partial charge in [0.15, 0.2) is 0 Å². The van der Waals surface area contributed by atoms with Crippen LogP contribution in [0.2, 0.25) is 0 Å². The summed E-state index contributed by atoms with van der Waals surface area (Å²) in [5, 5.41) is 0. The van der Waals surface area contributed by atoms with E-state index in [-0.39, 0.29) is 6.04 Å². The smallest absolute Gasteiger partial charge is 0.243 e. The fraction of sp³-hybridized carbons (Fsp3) is 0.571. The number of hydrogen-bond acceptors (Lipinski definition) is 4. The topological polar surface area (TPSA) is 66.6 Å². The van der Waals surface area contributed by atoms with Crippen molar-refractivity contribution in [1.29, 1.82) is 0 Å². The molecule has 1 atom stereocenters. The van der Waals surface area contributed by atoms with Crippen LogP contribution in [-0.4, -0.2) is 50.8 Å². The molecule has 0 aromatic heterocycles. The Hall–Kier alpha value is -1.11. The normalized spacial score (nSPS) is 21.3. The van der Waals surface area contributed by atoms with E-state index in [1.807, 2.05) is 7.05 Å². The lowest BCUT2D eigenvalue weighted by Crippen LogP contribution is -2.47. The predicted molar refractivity (Wildman–Crippen MR) is 81.1 cm³/mol. The summed E-state index contributed by atoms with van der Waals surface area (Å²) < 4.78 is 27.0. The molecule has 1 aliphatic rings. The summed E-state index contributed by atoms with van der Waals surface area (Å²) in [6, 6.07) is 5.07. The summed E-state index contributed by atoms with van der Waals surface area (Å²) in [7, 11) is 0.206. The highest BCUT2D eigenvalue weighted by molar-refractivity contribution is 7.89. The Morgan fingerprint density at radius 3 is 2.75 bits per heavy atom. The van der Waals surface area contributed by atoms with Gasteiger partial charge >= 0.3 is 0 Å². The molecule has 6 heteroatoms. The van der Waals surface area contributed by atoms with Gasteiger partial charge in [0, 0.05) is 25.3 Å². The molecule has 0 saturated carbocycles. The van der Waals surface area contributed by atoms with Gasteiger partial charge in [-0.3, -0.25) is 0 Å². The summed E-state index contributed by atoms with van der Waals surface area (Å²) in [6.45, 7) is 3.56. The van der Waals surface area contributed by atoms with Gasteiger partial charge in [0.2, 0.25) is 10.0 Å². The largest absolute Gasteiger partial charge is 0.398 e. The zero-order valence-corrected chi connectivity index (χ0v) is 13.2. The second-order valence-corrected chi connectivity index (χ2v) is 7.52. The minimum absolute atomic E-state index is 0.0274. The highest BCUT2D eigenvalue weighted by Gasteiger charge is 2.31. The molecule has 0 bridgehead atoms. The first-order valence-electron chi connectivity index (χ1n) is 6.85. The maximum Gasteiger partial charge on any atom is 0.243 e. The van der Waals surface area contributed by atoms with Crippen molar-refractivity contribution in [2.45, 2.75) is 30.7 Å². The molecule has 1 aromatic carbocycles. The van der Waals surface area contributed by atoms with E-state index in [9.17, 15) is 8.42 Å². The SMILES string of the molecule is Cc1c(N)cccc1S(=O)(=O)N(C)C1CCCN(C)C1. The number of nitrogens with two attached hydrogens (primary N) is 1. The van der Waals surface area contributed by atoms with Crippen molar-refractivity contribution < 1.29 is 8.42 Å². The van der Waals surface area contributed by atoms with Gasteiger partial charge in [-0.15, -0.1) is 0 Å². The second kappa shape index (κ2) is 5.71. The molecule has 1 aromatic rings. The third-order valence-electron chi connectivity index (χ3n) is 4.10. The lowest BCUT2D eigenvalue weighted by Gasteiger charge is -2.35. The second-order valence-electron chi connectivity index (χ2n) is 5.55. The molecule has 1 heterocycles. The zero-order valence-electron chi connectivity index (χ0n) is 12.3. The number of hydrogen-bond donors (Lipinski definition) is 1. The Morgan fingerprint density at radius 2 is 2.10 bits per heavy atom. The first-order chi connectivity index (χ1) is 9.34. The average Bonchev–Trinajstić information content (AvgIpc) is 2.40. The Morgan fingerprint density at radius 1 is 1.40 bits per heavy atom. The quantitative estimate of drug-likeness (QED) is 0.854. The molecule has 112 valence electrons. The van der Waals surface area contributed by atoms with E-state index in [1.54, 1.807) is 32.2 Å². The fourth-order valence-corrected chi connectivity index (χ4v) is 4.33. The number of likely N-dealkylation sites (N-methyl/N-ethyl adjacent to an activating group) is 2. The molecule has 1 fully saturated rings. The van der Waals surface area contributed by atoms with Crippen molar-refractivity contribution in [1.82, 2.24) is 9.21 Å². The minimum Gasteiger partial charge on any atom is -0.398 e. The Bertz CT molecular complexity index is 586. The van der Waals surface area contributed by atoms with Gasteiger partial charge in [0.1, 0.15) is 0 Å². The number of likely N-dealkylation sites (tertiary alicyclic amines) is 1. The minimum atomic E-state index is -3.49. The van der Waals surface area contributed by atoms with Crippen LogP contribution in [0.4, 0.5) is 5.69 Å². The standard InChI is InChI=1S/C14H23N3O2S/c1-11-13(15)7-4-8-14(11)20(18,19)17(3)12-6-5-9-16(2)10-12/h4,7-8,12H,5-6,9-10,15H2,1-3H3. The number of nitrogens with zero attached hydrogens (tertiary/aromatic N) is 2. The van der Waals surface area contributed by atoms with E-state index in [4.69, 9.17) is 5.73 Å². The van der Waals surface area contributed by atoms with E-state index in [0.717, 1.165) is 25.9 Å². The number of nitrogen functional groups attached to an aromatic ring is 1. The van der Waals surface area contributed by atoms with Gasteiger partial charge in [-0.25, -0.2) is 8.42 Å². The van der Waals surface area contributed by atoms with E-state index in [1.165, 1.54) is 4.31 Å². The van der Waals surface area contributed by atoms with Crippen LogP contribution < -0.4 is 5.73 Å². The molecule has 0 aliphatic carbocycles. The van der Waals surface area contributed by atoms with Crippen LogP contribution in [0.1, 0.15) is 18.4 Å². The molecule has 1 aliphatic heterocycles. The van der Waals surface area contributed by atoms with E-state index in [2.05, 4.69) is 4.90 Å². The number of benzene rings is 1. The lowest BCUT2D eigenvalue weighted by molar-refractivity contribution is 0.187. The first kappa shape index (κ1) is 15.3. The molecule has 20 heavy (non-hydrogen) atoms. The van der Waals surface area contributed by atoms with Crippen LogP contribution in [0, 0.1) is 6.92 Å². The summed E-state index contributed by atoms with van der Waals surface area (Å²) in [6.07, 6.45) is 1.93. The molecule has 2 N–H and O–H groups in total. The van der Waals surface area contributed by atoms with Gasteiger partial charge in [-0.05, 0) is 51.1 Å². The molecule has 0 spiro atoms. The fourth-order valence-electron chi connectivity index (χ4n) is 2.70. The van der Waals surface area contributed by atoms with E-state index >= 15 is 0 Å². The Labute approximate surface area is 121 Å². The van der Waals surface area contributed by atoms with Crippen molar-refractivity contribution in [2.24, 2.45) is 0 Å². The van der Waals surface area contributed by atoms with Gasteiger partial charge in [-0.2, -0.15) is 4.31 Å². The Balaban J connectivity index is 2.32. The molecular weight excluding hydrogens is 274 g/mol. The lowest BCUT2D eigenvalue weighted by atomic mass is 10.1. The van der Waals surface area contributed by atoms with Crippen LogP contribution in [0.25, 0.3) is 0 Å². The van der Waals surface area contributed by atoms with Crippen LogP contribution in [-0.2, 0) is 10.0 Å². The number of rotatable bonds is 3. The molecule has 1 saturated heterocycles. The van der Waals surface area contributed by atoms with Crippen molar-refractivity contribution in [3.05, 3.63) is 23.8 Å². The van der Waals surface area contributed by atoms with Crippen LogP contribution in [0.3, 0.4) is 0 Å². The van der Waals surface area contributed by atoms with Crippen molar-refractivity contribution in [2.75, 3.05) is 32.9 Å². The molecule has 0 amide bonds. The molecule has 1 unspecified atom stereocenters. The first-order valence-corrected chi connectivity index (χ1v) is 8.29. The molecular formula is C14H23N3O2S. The van der Waals surface area contributed by atoms with Gasteiger partial charge < -0.3 is 10.6 Å². The summed E-state index contributed by atoms with van der Waals surface area (Å²) in [5.41, 5.74) is 6.97. The van der Waals surface area contributed by atoms with Crippen molar-refractivity contribution >= 4 is 15.7 Å². The third-order valence-corrected chi connectivity index (χ3v) is 6.15. The molecule has 5 nitrogen and oxygen atoms in total. The molecule has 2 rings (SSSR count). The van der Waals surface area contributed by atoms with E-state index in [0.29, 0.717) is 16.1 Å². The van der Waals surface area contributed by atoms with Gasteiger partial charge in [0.05, 0.1) is 4.90 Å². The summed E-state index contributed by atoms with van der Waals surface area (Å²) in [4.78, 5) is 2.49. The number of piperidine rings is 1. The average molecular weight is 297 g/mol. The van der Waals surface area contributed by atoms with E-state index < -0.39 is 10.0 Å². The highest BCUT2D eigenvalue weighted by Crippen LogP contribution is 2.26. The predicted octanol–water partition coefficient (Wildman–Crippen LogP) is 1.29. The highest BCUT2D eigenvalue weighted by atomic mass is 32.2.